The van der Waals surface area contributed by atoms with Crippen LogP contribution in [0.2, 0.25) is 0 Å². The molecule has 1 fully saturated rings. The van der Waals surface area contributed by atoms with Gasteiger partial charge in [0, 0.05) is 25.0 Å². The summed E-state index contributed by atoms with van der Waals surface area (Å²) in [7, 11) is 0. The van der Waals surface area contributed by atoms with Crippen LogP contribution in [-0.4, -0.2) is 15.6 Å². The fraction of sp³-hybridized carbons (Fsp3) is 0.636. The number of hydrogen-bond acceptors (Lipinski definition) is 3. The second kappa shape index (κ2) is 4.47. The maximum Gasteiger partial charge on any atom is 0.293 e. The molecule has 0 bridgehead atoms. The normalized spacial score (nSPS) is 16.1. The molecule has 2 rings (SSSR count). The van der Waals surface area contributed by atoms with E-state index in [9.17, 15) is 4.79 Å². The minimum Gasteiger partial charge on any atom is -0.363 e. The summed E-state index contributed by atoms with van der Waals surface area (Å²) >= 11 is 0. The van der Waals surface area contributed by atoms with E-state index in [1.165, 1.54) is 6.42 Å². The van der Waals surface area contributed by atoms with Crippen LogP contribution in [0.4, 0.5) is 5.82 Å². The van der Waals surface area contributed by atoms with E-state index in [0.29, 0.717) is 11.9 Å². The van der Waals surface area contributed by atoms with Crippen molar-refractivity contribution in [1.29, 1.82) is 0 Å². The lowest BCUT2D eigenvalue weighted by molar-refractivity contribution is 0.443. The van der Waals surface area contributed by atoms with E-state index < -0.39 is 0 Å². The van der Waals surface area contributed by atoms with E-state index in [0.717, 1.165) is 25.8 Å². The molecule has 0 atom stereocenters. The Kier molecular flexibility index (Phi) is 3.04. The molecule has 0 unspecified atom stereocenters. The van der Waals surface area contributed by atoms with Crippen molar-refractivity contribution in [2.75, 3.05) is 5.32 Å². The van der Waals surface area contributed by atoms with Gasteiger partial charge in [-0.15, -0.1) is 0 Å². The highest BCUT2D eigenvalue weighted by molar-refractivity contribution is 5.32. The summed E-state index contributed by atoms with van der Waals surface area (Å²) in [5, 5.41) is 3.20. The van der Waals surface area contributed by atoms with E-state index in [-0.39, 0.29) is 5.56 Å². The number of anilines is 1. The minimum atomic E-state index is 0.00579. The van der Waals surface area contributed by atoms with Gasteiger partial charge in [-0.2, -0.15) is 0 Å². The third kappa shape index (κ3) is 2.19. The van der Waals surface area contributed by atoms with Gasteiger partial charge in [0.05, 0.1) is 0 Å². The first-order chi connectivity index (χ1) is 7.31. The van der Waals surface area contributed by atoms with Gasteiger partial charge in [-0.1, -0.05) is 6.92 Å². The van der Waals surface area contributed by atoms with Gasteiger partial charge >= 0.3 is 0 Å². The maximum absolute atomic E-state index is 11.9. The van der Waals surface area contributed by atoms with Crippen molar-refractivity contribution < 1.29 is 0 Å². The van der Waals surface area contributed by atoms with Gasteiger partial charge in [0.15, 0.2) is 5.82 Å². The summed E-state index contributed by atoms with van der Waals surface area (Å²) < 4.78 is 1.72. The van der Waals surface area contributed by atoms with E-state index in [4.69, 9.17) is 0 Å². The molecule has 0 spiro atoms. The Morgan fingerprint density at radius 3 is 3.00 bits per heavy atom. The first-order valence-corrected chi connectivity index (χ1v) is 5.63. The summed E-state index contributed by atoms with van der Waals surface area (Å²) in [6.07, 6.45) is 7.98. The molecule has 82 valence electrons. The highest BCUT2D eigenvalue weighted by Gasteiger charge is 2.18. The van der Waals surface area contributed by atoms with E-state index in [1.807, 2.05) is 0 Å². The standard InChI is InChI=1S/C11H17N3O/c1-2-7-14-8-6-12-10(11(14)15)13-9-4-3-5-9/h6,8-9H,2-5,7H2,1H3,(H,12,13). The predicted molar refractivity (Wildman–Crippen MR) is 60.0 cm³/mol. The Morgan fingerprint density at radius 2 is 2.40 bits per heavy atom. The molecule has 1 N–H and O–H groups in total. The molecule has 0 amide bonds. The number of rotatable bonds is 4. The van der Waals surface area contributed by atoms with Crippen molar-refractivity contribution in [3.05, 3.63) is 22.7 Å². The Balaban J connectivity index is 2.15. The molecule has 1 heterocycles. The zero-order valence-electron chi connectivity index (χ0n) is 9.07. The first-order valence-electron chi connectivity index (χ1n) is 5.63. The third-order valence-corrected chi connectivity index (χ3v) is 2.82. The molecule has 0 aromatic carbocycles. The van der Waals surface area contributed by atoms with Crippen LogP contribution < -0.4 is 10.9 Å². The zero-order chi connectivity index (χ0) is 10.7. The predicted octanol–water partition coefficient (Wildman–Crippen LogP) is 1.62. The lowest BCUT2D eigenvalue weighted by Crippen LogP contribution is -2.33. The SMILES string of the molecule is CCCn1ccnc(NC2CCC2)c1=O. The van der Waals surface area contributed by atoms with Crippen LogP contribution in [0.1, 0.15) is 32.6 Å². The van der Waals surface area contributed by atoms with Crippen molar-refractivity contribution in [2.24, 2.45) is 0 Å². The van der Waals surface area contributed by atoms with Gasteiger partial charge < -0.3 is 9.88 Å². The van der Waals surface area contributed by atoms with Crippen LogP contribution >= 0.6 is 0 Å². The van der Waals surface area contributed by atoms with Crippen LogP contribution in [0, 0.1) is 0 Å². The molecule has 0 saturated heterocycles. The van der Waals surface area contributed by atoms with Crippen molar-refractivity contribution in [3.8, 4) is 0 Å². The van der Waals surface area contributed by atoms with Crippen molar-refractivity contribution in [3.63, 3.8) is 0 Å². The van der Waals surface area contributed by atoms with Gasteiger partial charge in [0.2, 0.25) is 0 Å². The summed E-state index contributed by atoms with van der Waals surface area (Å²) in [6.45, 7) is 2.83. The Morgan fingerprint density at radius 1 is 1.60 bits per heavy atom. The lowest BCUT2D eigenvalue weighted by atomic mass is 9.93. The van der Waals surface area contributed by atoms with E-state index >= 15 is 0 Å². The molecule has 0 radical (unpaired) electrons. The highest BCUT2D eigenvalue weighted by atomic mass is 16.1. The summed E-state index contributed by atoms with van der Waals surface area (Å²) in [5.74, 6) is 0.510. The molecule has 4 nitrogen and oxygen atoms in total. The fourth-order valence-electron chi connectivity index (χ4n) is 1.71. The Hall–Kier alpha value is -1.32. The van der Waals surface area contributed by atoms with E-state index in [2.05, 4.69) is 17.2 Å². The van der Waals surface area contributed by atoms with Crippen LogP contribution in [-0.2, 0) is 6.54 Å². The quantitative estimate of drug-likeness (QED) is 0.816. The molecule has 1 saturated carbocycles. The van der Waals surface area contributed by atoms with Crippen LogP contribution in [0.25, 0.3) is 0 Å². The summed E-state index contributed by atoms with van der Waals surface area (Å²) in [6, 6.07) is 0.461. The van der Waals surface area contributed by atoms with Gasteiger partial charge in [0.25, 0.3) is 5.56 Å². The second-order valence-electron chi connectivity index (χ2n) is 4.05. The topological polar surface area (TPSA) is 46.9 Å². The fourth-order valence-corrected chi connectivity index (χ4v) is 1.71. The monoisotopic (exact) mass is 207 g/mol. The Bertz CT molecular complexity index is 382. The number of nitrogens with zero attached hydrogens (tertiary/aromatic N) is 2. The van der Waals surface area contributed by atoms with E-state index in [1.54, 1.807) is 17.0 Å². The van der Waals surface area contributed by atoms with Crippen molar-refractivity contribution >= 4 is 5.82 Å². The molecule has 1 aromatic heterocycles. The Labute approximate surface area is 89.3 Å². The van der Waals surface area contributed by atoms with Crippen LogP contribution in [0.15, 0.2) is 17.2 Å². The largest absolute Gasteiger partial charge is 0.363 e. The molecule has 1 aromatic rings. The highest BCUT2D eigenvalue weighted by Crippen LogP contribution is 2.20. The molecule has 0 aliphatic heterocycles. The number of aromatic nitrogens is 2. The summed E-state index contributed by atoms with van der Waals surface area (Å²) in [5.41, 5.74) is 0.00579. The van der Waals surface area contributed by atoms with Gasteiger partial charge in [-0.05, 0) is 25.7 Å². The lowest BCUT2D eigenvalue weighted by Gasteiger charge is -2.26. The van der Waals surface area contributed by atoms with Gasteiger partial charge in [0.1, 0.15) is 0 Å². The summed E-state index contributed by atoms with van der Waals surface area (Å²) in [4.78, 5) is 16.0. The number of hydrogen-bond donors (Lipinski definition) is 1. The molecule has 15 heavy (non-hydrogen) atoms. The average molecular weight is 207 g/mol. The maximum atomic E-state index is 11.9. The van der Waals surface area contributed by atoms with Crippen LogP contribution in [0.5, 0.6) is 0 Å². The third-order valence-electron chi connectivity index (χ3n) is 2.82. The zero-order valence-corrected chi connectivity index (χ0v) is 9.07. The number of nitrogens with one attached hydrogen (secondary N) is 1. The average Bonchev–Trinajstić information content (AvgIpc) is 2.17. The van der Waals surface area contributed by atoms with Crippen LogP contribution in [0.3, 0.4) is 0 Å². The van der Waals surface area contributed by atoms with Gasteiger partial charge in [-0.3, -0.25) is 4.79 Å². The van der Waals surface area contributed by atoms with Gasteiger partial charge in [-0.25, -0.2) is 4.98 Å². The van der Waals surface area contributed by atoms with Crippen molar-refractivity contribution in [2.45, 2.75) is 45.2 Å². The molecule has 4 heteroatoms. The molecule has 1 aliphatic carbocycles. The van der Waals surface area contributed by atoms with Crippen molar-refractivity contribution in [1.82, 2.24) is 9.55 Å². The molecular weight excluding hydrogens is 190 g/mol. The first kappa shape index (κ1) is 10.2. The minimum absolute atomic E-state index is 0.00579. The second-order valence-corrected chi connectivity index (χ2v) is 4.05. The number of aryl methyl sites for hydroxylation is 1. The smallest absolute Gasteiger partial charge is 0.293 e. The molecule has 1 aliphatic rings. The molecular formula is C11H17N3O.